The van der Waals surface area contributed by atoms with Crippen molar-refractivity contribution in [3.63, 3.8) is 0 Å². The van der Waals surface area contributed by atoms with Crippen molar-refractivity contribution in [1.82, 2.24) is 18.3 Å². The first-order chi connectivity index (χ1) is 19.7. The fraction of sp³-hybridized carbons (Fsp3) is 0.259. The standard InChI is InChI=1S/C27H25BrCl2N4O6S2/c1-31-22(35)19(23(36)32(2)26(31)41)18(20-24(37)33(3)27(42)34(4)25(20)38)13-8-15(28)21(17(9-13)39-5)40-11-12-6-7-14(29)10-16(12)30/h6-10,18,35,37H,11H2,1-5H3. The Bertz CT molecular complexity index is 1900. The van der Waals surface area contributed by atoms with Gasteiger partial charge < -0.3 is 19.7 Å². The number of halogens is 3. The number of nitrogens with zero attached hydrogens (tertiary/aromatic N) is 4. The van der Waals surface area contributed by atoms with Crippen molar-refractivity contribution in [2.45, 2.75) is 12.5 Å². The fourth-order valence-corrected chi connectivity index (χ4v) is 5.91. The average Bonchev–Trinajstić information content (AvgIpc) is 2.96. The van der Waals surface area contributed by atoms with Crippen molar-refractivity contribution in [2.75, 3.05) is 7.11 Å². The Balaban J connectivity index is 2.02. The lowest BCUT2D eigenvalue weighted by molar-refractivity contribution is 0.282. The molecule has 2 N–H and O–H groups in total. The van der Waals surface area contributed by atoms with E-state index in [-0.39, 0.29) is 33.0 Å². The minimum Gasteiger partial charge on any atom is -0.494 e. The van der Waals surface area contributed by atoms with Crippen LogP contribution in [0.25, 0.3) is 0 Å². The summed E-state index contributed by atoms with van der Waals surface area (Å²) in [7, 11) is 7.29. The van der Waals surface area contributed by atoms with Crippen LogP contribution < -0.4 is 20.6 Å². The van der Waals surface area contributed by atoms with E-state index in [2.05, 4.69) is 15.9 Å². The van der Waals surface area contributed by atoms with Gasteiger partial charge in [0.2, 0.25) is 11.8 Å². The van der Waals surface area contributed by atoms with Gasteiger partial charge in [-0.3, -0.25) is 27.9 Å². The van der Waals surface area contributed by atoms with Crippen molar-refractivity contribution in [1.29, 1.82) is 0 Å². The number of ether oxygens (including phenoxy) is 2. The van der Waals surface area contributed by atoms with Gasteiger partial charge >= 0.3 is 0 Å². The second-order valence-electron chi connectivity index (χ2n) is 9.38. The number of aromatic hydroxyl groups is 2. The Hall–Kier alpha value is -3.10. The van der Waals surface area contributed by atoms with Crippen LogP contribution in [0.3, 0.4) is 0 Å². The van der Waals surface area contributed by atoms with Crippen LogP contribution in [-0.2, 0) is 34.8 Å². The molecule has 2 aromatic carbocycles. The van der Waals surface area contributed by atoms with E-state index in [0.29, 0.717) is 31.4 Å². The molecule has 0 radical (unpaired) electrons. The predicted molar refractivity (Wildman–Crippen MR) is 169 cm³/mol. The number of hydrogen-bond acceptors (Lipinski definition) is 8. The number of aromatic nitrogens is 4. The molecule has 0 bridgehead atoms. The molecule has 2 heterocycles. The van der Waals surface area contributed by atoms with Gasteiger partial charge in [-0.15, -0.1) is 0 Å². The van der Waals surface area contributed by atoms with Crippen LogP contribution >= 0.6 is 63.6 Å². The minimum atomic E-state index is -1.30. The van der Waals surface area contributed by atoms with Crippen LogP contribution in [0.4, 0.5) is 0 Å². The van der Waals surface area contributed by atoms with Gasteiger partial charge in [-0.25, -0.2) is 0 Å². The number of hydrogen-bond donors (Lipinski definition) is 2. The molecule has 10 nitrogen and oxygen atoms in total. The summed E-state index contributed by atoms with van der Waals surface area (Å²) in [5.41, 5.74) is -0.751. The van der Waals surface area contributed by atoms with Gasteiger partial charge in [0.1, 0.15) is 6.61 Å². The first kappa shape index (κ1) is 31.8. The van der Waals surface area contributed by atoms with Gasteiger partial charge in [-0.1, -0.05) is 29.3 Å². The van der Waals surface area contributed by atoms with Crippen molar-refractivity contribution in [2.24, 2.45) is 28.2 Å². The SMILES string of the molecule is COc1cc(C(c2c(O)n(C)c(=S)n(C)c2=O)c2c(O)n(C)c(=S)n(C)c2=O)cc(Br)c1OCc1ccc(Cl)cc1Cl. The Kier molecular flexibility index (Phi) is 9.28. The summed E-state index contributed by atoms with van der Waals surface area (Å²) < 4.78 is 17.0. The average molecular weight is 716 g/mol. The largest absolute Gasteiger partial charge is 0.494 e. The van der Waals surface area contributed by atoms with Crippen LogP contribution in [0.1, 0.15) is 28.2 Å². The fourth-order valence-electron chi connectivity index (χ4n) is 4.54. The second kappa shape index (κ2) is 12.3. The molecule has 0 fully saturated rings. The third-order valence-electron chi connectivity index (χ3n) is 6.88. The summed E-state index contributed by atoms with van der Waals surface area (Å²) in [5.74, 6) is -1.72. The van der Waals surface area contributed by atoms with E-state index >= 15 is 0 Å². The third kappa shape index (κ3) is 5.51. The van der Waals surface area contributed by atoms with E-state index < -0.39 is 28.8 Å². The highest BCUT2D eigenvalue weighted by atomic mass is 79.9. The Labute approximate surface area is 268 Å². The molecular weight excluding hydrogens is 691 g/mol. The highest BCUT2D eigenvalue weighted by Gasteiger charge is 2.33. The van der Waals surface area contributed by atoms with Crippen LogP contribution in [-0.4, -0.2) is 35.6 Å². The van der Waals surface area contributed by atoms with E-state index in [1.165, 1.54) is 53.6 Å². The van der Waals surface area contributed by atoms with Gasteiger partial charge in [0.05, 0.1) is 28.6 Å². The summed E-state index contributed by atoms with van der Waals surface area (Å²) in [6, 6.07) is 8.18. The molecule has 42 heavy (non-hydrogen) atoms. The first-order valence-corrected chi connectivity index (χ1v) is 14.5. The number of rotatable bonds is 7. The van der Waals surface area contributed by atoms with Crippen molar-refractivity contribution in [3.8, 4) is 23.3 Å². The molecule has 0 aliphatic rings. The third-order valence-corrected chi connectivity index (χ3v) is 9.16. The number of benzene rings is 2. The maximum atomic E-state index is 13.6. The van der Waals surface area contributed by atoms with Gasteiger partial charge in [0.15, 0.2) is 21.0 Å². The summed E-state index contributed by atoms with van der Waals surface area (Å²) in [6.07, 6.45) is 0. The zero-order valence-electron chi connectivity index (χ0n) is 22.9. The monoisotopic (exact) mass is 714 g/mol. The van der Waals surface area contributed by atoms with Crippen LogP contribution in [0.2, 0.25) is 10.0 Å². The number of methoxy groups -OCH3 is 1. The van der Waals surface area contributed by atoms with Crippen LogP contribution in [0, 0.1) is 9.54 Å². The van der Waals surface area contributed by atoms with Gasteiger partial charge in [-0.2, -0.15) is 0 Å². The van der Waals surface area contributed by atoms with Gasteiger partial charge in [0, 0.05) is 43.8 Å². The van der Waals surface area contributed by atoms with Gasteiger partial charge in [0.25, 0.3) is 11.1 Å². The second-order valence-corrected chi connectivity index (χ2v) is 11.8. The van der Waals surface area contributed by atoms with E-state index in [9.17, 15) is 19.8 Å². The van der Waals surface area contributed by atoms with Crippen molar-refractivity contribution < 1.29 is 19.7 Å². The van der Waals surface area contributed by atoms with E-state index in [0.717, 1.165) is 0 Å². The molecule has 0 aliphatic carbocycles. The Morgan fingerprint density at radius 1 is 0.881 bits per heavy atom. The topological polar surface area (TPSA) is 113 Å². The molecule has 0 saturated heterocycles. The Morgan fingerprint density at radius 2 is 1.40 bits per heavy atom. The van der Waals surface area contributed by atoms with Gasteiger partial charge in [-0.05, 0) is 70.2 Å². The molecule has 0 aliphatic heterocycles. The quantitative estimate of drug-likeness (QED) is 0.243. The molecule has 222 valence electrons. The molecule has 0 unspecified atom stereocenters. The predicted octanol–water partition coefficient (Wildman–Crippen LogP) is 5.47. The maximum absolute atomic E-state index is 13.6. The summed E-state index contributed by atoms with van der Waals surface area (Å²) in [4.78, 5) is 27.3. The lowest BCUT2D eigenvalue weighted by atomic mass is 9.86. The Morgan fingerprint density at radius 3 is 1.88 bits per heavy atom. The molecule has 15 heteroatoms. The van der Waals surface area contributed by atoms with Crippen LogP contribution in [0.5, 0.6) is 23.3 Å². The smallest absolute Gasteiger partial charge is 0.262 e. The lowest BCUT2D eigenvalue weighted by Gasteiger charge is -2.24. The molecule has 4 aromatic rings. The first-order valence-electron chi connectivity index (χ1n) is 12.1. The van der Waals surface area contributed by atoms with Crippen molar-refractivity contribution in [3.05, 3.63) is 97.4 Å². The molecule has 2 aromatic heterocycles. The molecular formula is C27H25BrCl2N4O6S2. The molecule has 4 rings (SSSR count). The van der Waals surface area contributed by atoms with Crippen molar-refractivity contribution >= 4 is 63.6 Å². The molecule has 0 saturated carbocycles. The highest BCUT2D eigenvalue weighted by Crippen LogP contribution is 2.44. The normalized spacial score (nSPS) is 11.3. The summed E-state index contributed by atoms with van der Waals surface area (Å²) >= 11 is 26.4. The summed E-state index contributed by atoms with van der Waals surface area (Å²) in [5, 5.41) is 23.4. The van der Waals surface area contributed by atoms with Crippen LogP contribution in [0.15, 0.2) is 44.4 Å². The zero-order chi connectivity index (χ0) is 31.2. The highest BCUT2D eigenvalue weighted by molar-refractivity contribution is 9.10. The minimum absolute atomic E-state index is 0.0481. The molecule has 0 amide bonds. The maximum Gasteiger partial charge on any atom is 0.262 e. The van der Waals surface area contributed by atoms with E-state index in [1.54, 1.807) is 30.3 Å². The molecule has 0 atom stereocenters. The zero-order valence-corrected chi connectivity index (χ0v) is 27.7. The van der Waals surface area contributed by atoms with E-state index in [1.807, 2.05) is 0 Å². The lowest BCUT2D eigenvalue weighted by Crippen LogP contribution is -2.33. The van der Waals surface area contributed by atoms with E-state index in [4.69, 9.17) is 57.1 Å². The molecule has 0 spiro atoms. The summed E-state index contributed by atoms with van der Waals surface area (Å²) in [6.45, 7) is 0.0721.